The third kappa shape index (κ3) is 10.2. The number of aliphatic hydroxyl groups excluding tert-OH is 1. The Balaban J connectivity index is 0.000000482. The Morgan fingerprint density at radius 2 is 1.62 bits per heavy atom. The van der Waals surface area contributed by atoms with Gasteiger partial charge in [-0.15, -0.1) is 0 Å². The quantitative estimate of drug-likeness (QED) is 0.218. The molecule has 4 N–H and O–H groups in total. The van der Waals surface area contributed by atoms with E-state index in [9.17, 15) is 14.7 Å². The van der Waals surface area contributed by atoms with Crippen LogP contribution in [0.2, 0.25) is 0 Å². The zero-order valence-electron chi connectivity index (χ0n) is 23.8. The largest absolute Gasteiger partial charge is 0.478 e. The van der Waals surface area contributed by atoms with E-state index in [0.717, 1.165) is 6.42 Å². The van der Waals surface area contributed by atoms with Gasteiger partial charge in [-0.05, 0) is 80.3 Å². The van der Waals surface area contributed by atoms with Gasteiger partial charge in [0.2, 0.25) is 0 Å². The Hall–Kier alpha value is -3.52. The van der Waals surface area contributed by atoms with Crippen LogP contribution >= 0.6 is 0 Å². The first-order valence-electron chi connectivity index (χ1n) is 13.7. The Morgan fingerprint density at radius 1 is 0.975 bits per heavy atom. The first kappa shape index (κ1) is 31.0. The molecule has 1 fully saturated rings. The van der Waals surface area contributed by atoms with Crippen molar-refractivity contribution < 1.29 is 29.6 Å². The standard InChI is InChI=1S/C29H37NO2.C4H4O4/c1-20-9-14-27(21(2)15-20)28(24-12-13-24)32-19-26(31)18-30-29(3,4)17-22-10-11-23-7-5-6-8-25(23)16-22;5-3(6)1-2-4(7)8/h5-11,14-16,24,26,28,30-31H,12-13,17-19H2,1-4H3;1-2H,(H,5,6)(H,7,8)/b;2-1+/t26-,28?;/m1./s1. The molecule has 0 radical (unpaired) electrons. The van der Waals surface area contributed by atoms with Crippen molar-refractivity contribution in [2.45, 2.75) is 64.7 Å². The summed E-state index contributed by atoms with van der Waals surface area (Å²) < 4.78 is 6.28. The number of β-amino-alcohol motifs (C(OH)–C–C–N with tert-alkyl or cyclic N) is 1. The molecule has 0 spiro atoms. The van der Waals surface area contributed by atoms with E-state index in [1.165, 1.54) is 45.9 Å². The number of aliphatic carboxylic acids is 2. The van der Waals surface area contributed by atoms with Gasteiger partial charge in [0.25, 0.3) is 0 Å². The van der Waals surface area contributed by atoms with Crippen molar-refractivity contribution in [3.63, 3.8) is 0 Å². The van der Waals surface area contributed by atoms with Crippen LogP contribution in [0.3, 0.4) is 0 Å². The summed E-state index contributed by atoms with van der Waals surface area (Å²) in [7, 11) is 0. The maximum absolute atomic E-state index is 10.6. The number of carbonyl (C=O) groups is 2. The molecule has 1 aliphatic rings. The fourth-order valence-electron chi connectivity index (χ4n) is 4.76. The Kier molecular flexibility index (Phi) is 11.0. The van der Waals surface area contributed by atoms with E-state index < -0.39 is 18.0 Å². The van der Waals surface area contributed by atoms with Gasteiger partial charge in [0.05, 0.1) is 18.8 Å². The van der Waals surface area contributed by atoms with E-state index in [1.807, 2.05) is 0 Å². The van der Waals surface area contributed by atoms with Crippen LogP contribution < -0.4 is 5.32 Å². The molecule has 0 saturated heterocycles. The van der Waals surface area contributed by atoms with Gasteiger partial charge in [0.15, 0.2) is 0 Å². The van der Waals surface area contributed by atoms with Crippen LogP contribution in [0, 0.1) is 19.8 Å². The number of carboxylic acids is 2. The van der Waals surface area contributed by atoms with E-state index in [-0.39, 0.29) is 11.6 Å². The molecule has 1 saturated carbocycles. The van der Waals surface area contributed by atoms with Crippen LogP contribution in [-0.4, -0.2) is 52.1 Å². The van der Waals surface area contributed by atoms with Gasteiger partial charge in [-0.25, -0.2) is 9.59 Å². The highest BCUT2D eigenvalue weighted by Crippen LogP contribution is 2.44. The first-order chi connectivity index (χ1) is 18.9. The van der Waals surface area contributed by atoms with Crippen LogP contribution in [0.1, 0.15) is 55.0 Å². The molecule has 1 unspecified atom stereocenters. The van der Waals surface area contributed by atoms with E-state index in [4.69, 9.17) is 14.9 Å². The van der Waals surface area contributed by atoms with Gasteiger partial charge < -0.3 is 25.4 Å². The first-order valence-corrected chi connectivity index (χ1v) is 13.7. The molecule has 4 rings (SSSR count). The molecule has 1 aliphatic carbocycles. The summed E-state index contributed by atoms with van der Waals surface area (Å²) in [6, 6.07) is 21.7. The Morgan fingerprint density at radius 3 is 2.23 bits per heavy atom. The molecule has 214 valence electrons. The Bertz CT molecular complexity index is 1310. The minimum Gasteiger partial charge on any atom is -0.478 e. The van der Waals surface area contributed by atoms with Gasteiger partial charge in [-0.3, -0.25) is 0 Å². The van der Waals surface area contributed by atoms with Gasteiger partial charge in [0, 0.05) is 24.2 Å². The lowest BCUT2D eigenvalue weighted by molar-refractivity contribution is -0.134. The van der Waals surface area contributed by atoms with Gasteiger partial charge in [-0.1, -0.05) is 66.2 Å². The van der Waals surface area contributed by atoms with Crippen molar-refractivity contribution in [2.24, 2.45) is 5.92 Å². The third-order valence-electron chi connectivity index (χ3n) is 6.89. The van der Waals surface area contributed by atoms with Crippen LogP contribution in [0.4, 0.5) is 0 Å². The van der Waals surface area contributed by atoms with E-state index in [0.29, 0.717) is 31.2 Å². The number of fused-ring (bicyclic) bond motifs is 1. The number of hydrogen-bond acceptors (Lipinski definition) is 5. The highest BCUT2D eigenvalue weighted by molar-refractivity contribution is 5.89. The molecule has 0 aliphatic heterocycles. The van der Waals surface area contributed by atoms with Gasteiger partial charge in [-0.2, -0.15) is 0 Å². The topological polar surface area (TPSA) is 116 Å². The van der Waals surface area contributed by atoms with Crippen LogP contribution in [-0.2, 0) is 20.7 Å². The predicted molar refractivity (Wildman–Crippen MR) is 157 cm³/mol. The molecular weight excluding hydrogens is 506 g/mol. The second-order valence-corrected chi connectivity index (χ2v) is 11.2. The van der Waals surface area contributed by atoms with E-state index in [1.54, 1.807) is 0 Å². The molecule has 0 amide bonds. The molecule has 3 aromatic rings. The SMILES string of the molecule is Cc1ccc(C(OC[C@H](O)CNC(C)(C)Cc2ccc3ccccc3c2)C2CC2)c(C)c1.O=C(O)/C=C/C(=O)O. The maximum Gasteiger partial charge on any atom is 0.328 e. The predicted octanol–water partition coefficient (Wildman–Crippen LogP) is 5.61. The summed E-state index contributed by atoms with van der Waals surface area (Å²) in [4.78, 5) is 19.1. The summed E-state index contributed by atoms with van der Waals surface area (Å²) in [5, 5.41) is 32.4. The summed E-state index contributed by atoms with van der Waals surface area (Å²) in [6.07, 6.45) is 4.01. The normalized spacial score (nSPS) is 14.9. The van der Waals surface area contributed by atoms with Crippen molar-refractivity contribution in [3.8, 4) is 0 Å². The number of carboxylic acid groups (broad SMARTS) is 2. The van der Waals surface area contributed by atoms with Crippen molar-refractivity contribution in [1.29, 1.82) is 0 Å². The molecule has 2 atom stereocenters. The average Bonchev–Trinajstić information content (AvgIpc) is 3.73. The molecular formula is C33H41NO6. The minimum atomic E-state index is -1.26. The maximum atomic E-state index is 10.6. The number of aryl methyl sites for hydroxylation is 2. The summed E-state index contributed by atoms with van der Waals surface area (Å²) in [6.45, 7) is 9.54. The minimum absolute atomic E-state index is 0.0934. The van der Waals surface area contributed by atoms with Crippen molar-refractivity contribution in [2.75, 3.05) is 13.2 Å². The lowest BCUT2D eigenvalue weighted by Crippen LogP contribution is -2.46. The zero-order valence-corrected chi connectivity index (χ0v) is 23.8. The third-order valence-corrected chi connectivity index (χ3v) is 6.89. The molecule has 7 nitrogen and oxygen atoms in total. The fourth-order valence-corrected chi connectivity index (χ4v) is 4.76. The van der Waals surface area contributed by atoms with Crippen LogP contribution in [0.5, 0.6) is 0 Å². The number of rotatable bonds is 12. The number of ether oxygens (including phenoxy) is 1. The number of hydrogen-bond donors (Lipinski definition) is 4. The summed E-state index contributed by atoms with van der Waals surface area (Å²) in [5.74, 6) is -1.93. The molecule has 0 aromatic heterocycles. The second-order valence-electron chi connectivity index (χ2n) is 11.2. The average molecular weight is 548 g/mol. The molecule has 0 bridgehead atoms. The van der Waals surface area contributed by atoms with Crippen molar-refractivity contribution in [3.05, 3.63) is 95.1 Å². The number of aliphatic hydroxyl groups is 1. The van der Waals surface area contributed by atoms with Crippen molar-refractivity contribution in [1.82, 2.24) is 5.32 Å². The van der Waals surface area contributed by atoms with Gasteiger partial charge >= 0.3 is 11.9 Å². The lowest BCUT2D eigenvalue weighted by Gasteiger charge is -2.29. The molecule has 3 aromatic carbocycles. The summed E-state index contributed by atoms with van der Waals surface area (Å²) >= 11 is 0. The monoisotopic (exact) mass is 547 g/mol. The summed E-state index contributed by atoms with van der Waals surface area (Å²) in [5.41, 5.74) is 5.02. The molecule has 40 heavy (non-hydrogen) atoms. The van der Waals surface area contributed by atoms with Crippen molar-refractivity contribution >= 4 is 22.7 Å². The number of nitrogens with one attached hydrogen (secondary N) is 1. The number of benzene rings is 3. The van der Waals surface area contributed by atoms with Gasteiger partial charge in [0.1, 0.15) is 0 Å². The zero-order chi connectivity index (χ0) is 29.3. The second kappa shape index (κ2) is 14.2. The highest BCUT2D eigenvalue weighted by atomic mass is 16.5. The smallest absolute Gasteiger partial charge is 0.328 e. The lowest BCUT2D eigenvalue weighted by atomic mass is 9.93. The fraction of sp³-hybridized carbons (Fsp3) is 0.394. The van der Waals surface area contributed by atoms with E-state index >= 15 is 0 Å². The van der Waals surface area contributed by atoms with Crippen LogP contribution in [0.15, 0.2) is 72.8 Å². The van der Waals surface area contributed by atoms with E-state index in [2.05, 4.69) is 93.7 Å². The highest BCUT2D eigenvalue weighted by Gasteiger charge is 2.34. The van der Waals surface area contributed by atoms with Crippen LogP contribution in [0.25, 0.3) is 10.8 Å². The Labute approximate surface area is 236 Å². The molecule has 0 heterocycles. The molecule has 7 heteroatoms.